The van der Waals surface area contributed by atoms with E-state index < -0.39 is 0 Å². The Morgan fingerprint density at radius 2 is 0.731 bits per heavy atom. The molecule has 0 aliphatic carbocycles. The van der Waals surface area contributed by atoms with Crippen molar-refractivity contribution in [1.29, 1.82) is 0 Å². The number of carbonyl (C=O) groups is 4. The van der Waals surface area contributed by atoms with E-state index in [-0.39, 0.29) is 23.6 Å². The Labute approximate surface area is 497 Å². The molecule has 0 N–H and O–H groups in total. The number of hydrogen-bond donors (Lipinski definition) is 1. The summed E-state index contributed by atoms with van der Waals surface area (Å²) in [6.07, 6.45) is 17.8. The fourth-order valence-corrected chi connectivity index (χ4v) is 14.7. The van der Waals surface area contributed by atoms with Gasteiger partial charge in [-0.1, -0.05) is 151 Å². The molecule has 17 heteroatoms. The minimum atomic E-state index is -0.00896. The van der Waals surface area contributed by atoms with Gasteiger partial charge in [-0.25, -0.2) is 0 Å². The second-order valence-electron chi connectivity index (χ2n) is 20.4. The van der Waals surface area contributed by atoms with Crippen LogP contribution in [0.4, 0.5) is 4.39 Å². The molecule has 0 spiro atoms. The molecule has 8 heterocycles. The molecule has 8 rings (SSSR count). The zero-order valence-electron chi connectivity index (χ0n) is 47.6. The molecule has 0 saturated heterocycles. The maximum atomic E-state index is 14.3. The van der Waals surface area contributed by atoms with Gasteiger partial charge in [-0.2, -0.15) is 0 Å². The van der Waals surface area contributed by atoms with E-state index in [9.17, 15) is 23.6 Å². The van der Waals surface area contributed by atoms with Crippen molar-refractivity contribution in [2.45, 2.75) is 158 Å². The van der Waals surface area contributed by atoms with Crippen molar-refractivity contribution in [3.63, 3.8) is 0 Å². The number of rotatable bonds is 28. The first-order valence-electron chi connectivity index (χ1n) is 28.5. The molecule has 0 fully saturated rings. The molecule has 0 bridgehead atoms. The molecule has 4 aliphatic rings. The number of amides is 4. The van der Waals surface area contributed by atoms with E-state index in [0.29, 0.717) is 79.3 Å². The Morgan fingerprint density at radius 1 is 0.474 bits per heavy atom. The summed E-state index contributed by atoms with van der Waals surface area (Å²) in [6, 6.07) is 16.3. The van der Waals surface area contributed by atoms with Crippen LogP contribution >= 0.6 is 74.1 Å². The summed E-state index contributed by atoms with van der Waals surface area (Å²) in [4.78, 5) is 68.7. The SMILES string of the molecule is CCCCC(CC)CN1C(=O)C2=C(c3ccc(Br)s3)N(CC(CC)CCCC)C(=O)C2=C1c1cccs1.CCCCC(CC)CN1C(=O)C2=C(c3cccs3)N(CC(CC)CCCC)C(=O)C2=C1c1cccs1.CF.[B]=NS. The number of thiol groups is 1. The van der Waals surface area contributed by atoms with Crippen LogP contribution in [-0.4, -0.2) is 84.2 Å². The summed E-state index contributed by atoms with van der Waals surface area (Å²) in [7, 11) is 4.84. The number of halogens is 2. The van der Waals surface area contributed by atoms with Crippen LogP contribution in [0.2, 0.25) is 0 Å². The summed E-state index contributed by atoms with van der Waals surface area (Å²) in [5.41, 5.74) is 5.79. The van der Waals surface area contributed by atoms with Crippen LogP contribution in [0.1, 0.15) is 178 Å². The predicted molar refractivity (Wildman–Crippen MR) is 337 cm³/mol. The van der Waals surface area contributed by atoms with Gasteiger partial charge in [-0.15, -0.1) is 45.3 Å². The first-order valence-corrected chi connectivity index (χ1v) is 33.1. The Balaban J connectivity index is 0.000000266. The van der Waals surface area contributed by atoms with E-state index in [2.05, 4.69) is 114 Å². The maximum absolute atomic E-state index is 14.3. The quantitative estimate of drug-likeness (QED) is 0.0453. The van der Waals surface area contributed by atoms with Crippen LogP contribution in [-0.2, 0) is 19.2 Å². The number of nitrogens with zero attached hydrogens (tertiary/aromatic N) is 5. The average molecular weight is 1220 g/mol. The van der Waals surface area contributed by atoms with E-state index >= 15 is 0 Å². The van der Waals surface area contributed by atoms with Crippen LogP contribution in [0.5, 0.6) is 0 Å². The van der Waals surface area contributed by atoms with Crippen LogP contribution < -0.4 is 0 Å². The van der Waals surface area contributed by atoms with Crippen molar-refractivity contribution in [2.24, 2.45) is 28.0 Å². The molecule has 0 aromatic carbocycles. The van der Waals surface area contributed by atoms with E-state index in [4.69, 9.17) is 0 Å². The summed E-state index contributed by atoms with van der Waals surface area (Å²) in [5, 5.41) is 6.11. The standard InChI is InChI=1S/C30H39BrN2O2S2.C30H40N2O2S2.CH3F.BHNS/c1-5-9-12-20(7-3)18-32-27(22-14-11-17-36-22)25-26(30(32)35)28(23-15-16-24(31)37-23)33(29(25)34)19-21(8-4)13-10-6-2;1-5-9-13-21(7-3)19-31-27(23-15-11-17-35-23)25-26(29(31)33)28(24-16-12-18-36-24)32(30(25)34)20-22(8-4)14-10-6-2;1-2;1-2-3/h11,14-17,20-21H,5-10,12-13,18-19H2,1-4H3;11-12,15-18,21-22H,5-10,13-14,19-20H2,1-4H3;1H3;3H. The molecule has 423 valence electrons. The molecule has 4 aromatic rings. The number of unbranched alkanes of at least 4 members (excludes halogenated alkanes) is 4. The zero-order valence-corrected chi connectivity index (χ0v) is 53.3. The summed E-state index contributed by atoms with van der Waals surface area (Å²) in [5.74, 6) is 1.68. The molecule has 9 nitrogen and oxygen atoms in total. The van der Waals surface area contributed by atoms with Gasteiger partial charge in [0.1, 0.15) is 0 Å². The van der Waals surface area contributed by atoms with Crippen molar-refractivity contribution in [3.8, 4) is 0 Å². The van der Waals surface area contributed by atoms with Crippen molar-refractivity contribution in [2.75, 3.05) is 33.4 Å². The summed E-state index contributed by atoms with van der Waals surface area (Å²) < 4.78 is 13.2. The molecule has 1 radical (unpaired) electrons. The minimum absolute atomic E-state index is 0.00389. The third-order valence-corrected chi connectivity index (χ3v) is 19.6. The van der Waals surface area contributed by atoms with Gasteiger partial charge < -0.3 is 19.6 Å². The first-order chi connectivity index (χ1) is 37.9. The summed E-state index contributed by atoms with van der Waals surface area (Å²) >= 11 is 13.2. The van der Waals surface area contributed by atoms with Crippen molar-refractivity contribution < 1.29 is 23.6 Å². The molecular formula is C61H83BBrFN5O4S5. The summed E-state index contributed by atoms with van der Waals surface area (Å²) in [6.45, 7) is 20.4. The van der Waals surface area contributed by atoms with E-state index in [1.54, 1.807) is 45.3 Å². The molecule has 4 amide bonds. The van der Waals surface area contributed by atoms with Crippen LogP contribution in [0, 0.1) is 23.7 Å². The molecule has 4 aliphatic heterocycles. The van der Waals surface area contributed by atoms with E-state index in [1.165, 1.54) is 0 Å². The molecular weight excluding hydrogens is 1140 g/mol. The average Bonchev–Trinajstić information content (AvgIpc) is 4.54. The normalized spacial score (nSPS) is 16.6. The van der Waals surface area contributed by atoms with Gasteiger partial charge in [0, 0.05) is 26.2 Å². The fraction of sp³-hybridized carbons (Fsp3) is 0.541. The fourth-order valence-electron chi connectivity index (χ4n) is 10.9. The Morgan fingerprint density at radius 3 is 0.923 bits per heavy atom. The number of fused-ring (bicyclic) bond motifs is 2. The number of thiophene rings is 4. The van der Waals surface area contributed by atoms with Gasteiger partial charge in [0.2, 0.25) is 0 Å². The van der Waals surface area contributed by atoms with Crippen LogP contribution in [0.15, 0.2) is 95.1 Å². The third kappa shape index (κ3) is 15.4. The van der Waals surface area contributed by atoms with Crippen molar-refractivity contribution in [3.05, 3.63) is 110 Å². The molecule has 4 atom stereocenters. The number of carbonyl (C=O) groups excluding carboxylic acids is 4. The predicted octanol–water partition coefficient (Wildman–Crippen LogP) is 17.6. The molecule has 0 saturated carbocycles. The second kappa shape index (κ2) is 33.3. The topological polar surface area (TPSA) is 93.6 Å². The van der Waals surface area contributed by atoms with Gasteiger partial charge in [0.15, 0.2) is 0 Å². The molecule has 4 aromatic heterocycles. The van der Waals surface area contributed by atoms with Gasteiger partial charge in [-0.05, 0) is 112 Å². The third-order valence-electron chi connectivity index (χ3n) is 15.4. The Hall–Kier alpha value is -3.74. The zero-order chi connectivity index (χ0) is 56.9. The molecule has 78 heavy (non-hydrogen) atoms. The number of alkyl halides is 1. The van der Waals surface area contributed by atoms with Crippen LogP contribution in [0.25, 0.3) is 22.8 Å². The number of hydrogen-bond acceptors (Lipinski definition) is 10. The second-order valence-corrected chi connectivity index (χ2v) is 25.9. The van der Waals surface area contributed by atoms with Gasteiger partial charge in [0.05, 0.1) is 75.6 Å². The van der Waals surface area contributed by atoms with E-state index in [0.717, 1.165) is 149 Å². The Bertz CT molecular complexity index is 2610. The van der Waals surface area contributed by atoms with E-state index in [1.807, 2.05) is 66.1 Å². The Kier molecular flexibility index (Phi) is 27.7. The van der Waals surface area contributed by atoms with Crippen LogP contribution in [0.3, 0.4) is 0 Å². The molecule has 4 unspecified atom stereocenters. The monoisotopic (exact) mass is 1220 g/mol. The van der Waals surface area contributed by atoms with Gasteiger partial charge >= 0.3 is 24.8 Å². The van der Waals surface area contributed by atoms with Gasteiger partial charge in [0.25, 0.3) is 23.6 Å². The van der Waals surface area contributed by atoms with Crippen molar-refractivity contribution >= 4 is 128 Å². The van der Waals surface area contributed by atoms with Crippen molar-refractivity contribution in [1.82, 2.24) is 19.6 Å². The van der Waals surface area contributed by atoms with Gasteiger partial charge in [-0.3, -0.25) is 23.6 Å². The first kappa shape index (κ1) is 65.1.